The monoisotopic (exact) mass is 297 g/mol. The molecule has 0 aliphatic heterocycles. The third-order valence-electron chi connectivity index (χ3n) is 3.80. The van der Waals surface area contributed by atoms with Gasteiger partial charge in [0.05, 0.1) is 6.20 Å². The largest absolute Gasteiger partial charge is 0.357 e. The van der Waals surface area contributed by atoms with Crippen LogP contribution in [-0.4, -0.2) is 36.1 Å². The number of halogens is 1. The normalized spacial score (nSPS) is 16.2. The molecule has 1 aromatic heterocycles. The molecule has 1 aliphatic carbocycles. The Labute approximate surface area is 125 Å². The molecule has 1 fully saturated rings. The van der Waals surface area contributed by atoms with Gasteiger partial charge in [-0.25, -0.2) is 9.37 Å². The summed E-state index contributed by atoms with van der Waals surface area (Å²) in [5.41, 5.74) is 0.954. The fourth-order valence-electron chi connectivity index (χ4n) is 2.15. The summed E-state index contributed by atoms with van der Waals surface area (Å²) in [6.45, 7) is 2.89. The average molecular weight is 297 g/mol. The van der Waals surface area contributed by atoms with Gasteiger partial charge in [-0.05, 0) is 44.3 Å². The number of rotatable bonds is 8. The quantitative estimate of drug-likeness (QED) is 0.798. The van der Waals surface area contributed by atoms with E-state index in [0.29, 0.717) is 18.6 Å². The van der Waals surface area contributed by atoms with Crippen molar-refractivity contribution in [2.45, 2.75) is 44.8 Å². The van der Waals surface area contributed by atoms with Crippen molar-refractivity contribution in [2.75, 3.05) is 24.0 Å². The number of thioether (sulfide) groups is 1. The third kappa shape index (κ3) is 4.35. The number of anilines is 1. The average Bonchev–Trinajstić information content (AvgIpc) is 3.26. The van der Waals surface area contributed by atoms with Crippen molar-refractivity contribution in [3.63, 3.8) is 0 Å². The molecule has 20 heavy (non-hydrogen) atoms. The summed E-state index contributed by atoms with van der Waals surface area (Å²) in [6, 6.07) is 2.63. The first-order chi connectivity index (χ1) is 9.61. The van der Waals surface area contributed by atoms with Gasteiger partial charge in [0.25, 0.3) is 0 Å². The Bertz CT molecular complexity index is 437. The summed E-state index contributed by atoms with van der Waals surface area (Å²) in [4.78, 5) is 6.48. The molecule has 1 saturated carbocycles. The number of aromatic nitrogens is 1. The van der Waals surface area contributed by atoms with Gasteiger partial charge in [0, 0.05) is 31.2 Å². The van der Waals surface area contributed by atoms with Crippen molar-refractivity contribution in [3.8, 4) is 0 Å². The highest BCUT2D eigenvalue weighted by atomic mass is 32.2. The molecule has 1 N–H and O–H groups in total. The number of hydrogen-bond acceptors (Lipinski definition) is 4. The Kier molecular flexibility index (Phi) is 5.66. The molecule has 0 bridgehead atoms. The SMILES string of the molecule is CSCCC(C)N(C)c1ncc(F)cc1CNC1CC1. The van der Waals surface area contributed by atoms with Crippen LogP contribution in [-0.2, 0) is 6.54 Å². The second kappa shape index (κ2) is 7.27. The number of nitrogens with one attached hydrogen (secondary N) is 1. The van der Waals surface area contributed by atoms with Gasteiger partial charge in [-0.1, -0.05) is 0 Å². The summed E-state index contributed by atoms with van der Waals surface area (Å²) in [7, 11) is 2.05. The van der Waals surface area contributed by atoms with Crippen molar-refractivity contribution in [1.82, 2.24) is 10.3 Å². The second-order valence-corrected chi connectivity index (χ2v) is 6.52. The summed E-state index contributed by atoms with van der Waals surface area (Å²) in [5.74, 6) is 1.77. The predicted octanol–water partition coefficient (Wildman–Crippen LogP) is 3.05. The van der Waals surface area contributed by atoms with Gasteiger partial charge in [-0.2, -0.15) is 11.8 Å². The van der Waals surface area contributed by atoms with Crippen molar-refractivity contribution in [2.24, 2.45) is 0 Å². The van der Waals surface area contributed by atoms with Gasteiger partial charge < -0.3 is 10.2 Å². The predicted molar refractivity (Wildman–Crippen MR) is 84.9 cm³/mol. The Morgan fingerprint density at radius 2 is 2.30 bits per heavy atom. The van der Waals surface area contributed by atoms with E-state index >= 15 is 0 Å². The lowest BCUT2D eigenvalue weighted by molar-refractivity contribution is 0.603. The maximum atomic E-state index is 13.4. The van der Waals surface area contributed by atoms with Gasteiger partial charge in [0.2, 0.25) is 0 Å². The van der Waals surface area contributed by atoms with Crippen LogP contribution >= 0.6 is 11.8 Å². The molecular weight excluding hydrogens is 273 g/mol. The molecule has 0 saturated heterocycles. The Morgan fingerprint density at radius 1 is 1.55 bits per heavy atom. The van der Waals surface area contributed by atoms with Crippen LogP contribution in [0.3, 0.4) is 0 Å². The molecular formula is C15H24FN3S. The Morgan fingerprint density at radius 3 is 2.95 bits per heavy atom. The van der Waals surface area contributed by atoms with Crippen LogP contribution in [0.1, 0.15) is 31.7 Å². The van der Waals surface area contributed by atoms with Crippen molar-refractivity contribution in [3.05, 3.63) is 23.6 Å². The van der Waals surface area contributed by atoms with Crippen LogP contribution < -0.4 is 10.2 Å². The summed E-state index contributed by atoms with van der Waals surface area (Å²) in [6.07, 6.45) is 7.00. The van der Waals surface area contributed by atoms with E-state index in [1.807, 2.05) is 18.8 Å². The van der Waals surface area contributed by atoms with Crippen LogP contribution in [0.25, 0.3) is 0 Å². The molecule has 0 spiro atoms. The van der Waals surface area contributed by atoms with E-state index < -0.39 is 0 Å². The lowest BCUT2D eigenvalue weighted by Crippen LogP contribution is -2.32. The summed E-state index contributed by atoms with van der Waals surface area (Å²) >= 11 is 1.85. The van der Waals surface area contributed by atoms with E-state index in [0.717, 1.165) is 23.6 Å². The first kappa shape index (κ1) is 15.6. The van der Waals surface area contributed by atoms with E-state index in [1.54, 1.807) is 6.07 Å². The highest BCUT2D eigenvalue weighted by Gasteiger charge is 2.22. The molecule has 112 valence electrons. The zero-order valence-electron chi connectivity index (χ0n) is 12.5. The van der Waals surface area contributed by atoms with Crippen LogP contribution in [0.15, 0.2) is 12.3 Å². The van der Waals surface area contributed by atoms with Gasteiger partial charge in [0.1, 0.15) is 11.6 Å². The van der Waals surface area contributed by atoms with Gasteiger partial charge in [0.15, 0.2) is 0 Å². The van der Waals surface area contributed by atoms with E-state index in [9.17, 15) is 4.39 Å². The molecule has 0 radical (unpaired) electrons. The van der Waals surface area contributed by atoms with Crippen LogP contribution in [0.2, 0.25) is 0 Å². The first-order valence-corrected chi connectivity index (χ1v) is 8.60. The third-order valence-corrected chi connectivity index (χ3v) is 4.45. The van der Waals surface area contributed by atoms with Crippen molar-refractivity contribution in [1.29, 1.82) is 0 Å². The fourth-order valence-corrected chi connectivity index (χ4v) is 2.73. The zero-order valence-corrected chi connectivity index (χ0v) is 13.3. The molecule has 1 aliphatic rings. The standard InChI is InChI=1S/C15H24FN3S/c1-11(6-7-20-3)19(2)15-12(8-13(16)10-18-15)9-17-14-4-5-14/h8,10-11,14,17H,4-7,9H2,1-3H3. The van der Waals surface area contributed by atoms with Crippen LogP contribution in [0, 0.1) is 5.82 Å². The smallest absolute Gasteiger partial charge is 0.141 e. The van der Waals surface area contributed by atoms with E-state index in [1.165, 1.54) is 19.0 Å². The molecule has 1 heterocycles. The maximum absolute atomic E-state index is 13.4. The Hall–Kier alpha value is -0.810. The second-order valence-electron chi connectivity index (χ2n) is 5.53. The van der Waals surface area contributed by atoms with Crippen molar-refractivity contribution < 1.29 is 4.39 Å². The van der Waals surface area contributed by atoms with Gasteiger partial charge >= 0.3 is 0 Å². The zero-order chi connectivity index (χ0) is 14.5. The molecule has 0 aromatic carbocycles. The molecule has 1 aromatic rings. The maximum Gasteiger partial charge on any atom is 0.141 e. The molecule has 1 unspecified atom stereocenters. The minimum absolute atomic E-state index is 0.258. The van der Waals surface area contributed by atoms with Crippen LogP contribution in [0.4, 0.5) is 10.2 Å². The molecule has 2 rings (SSSR count). The fraction of sp³-hybridized carbons (Fsp3) is 0.667. The van der Waals surface area contributed by atoms with Gasteiger partial charge in [-0.3, -0.25) is 0 Å². The first-order valence-electron chi connectivity index (χ1n) is 7.21. The summed E-state index contributed by atoms with van der Waals surface area (Å²) in [5, 5.41) is 3.44. The molecule has 0 amide bonds. The van der Waals surface area contributed by atoms with Crippen LogP contribution in [0.5, 0.6) is 0 Å². The Balaban J connectivity index is 2.07. The van der Waals surface area contributed by atoms with Crippen molar-refractivity contribution >= 4 is 17.6 Å². The minimum Gasteiger partial charge on any atom is -0.357 e. The lowest BCUT2D eigenvalue weighted by atomic mass is 10.2. The summed E-state index contributed by atoms with van der Waals surface area (Å²) < 4.78 is 13.4. The number of pyridine rings is 1. The number of hydrogen-bond donors (Lipinski definition) is 1. The molecule has 3 nitrogen and oxygen atoms in total. The highest BCUT2D eigenvalue weighted by molar-refractivity contribution is 7.98. The topological polar surface area (TPSA) is 28.2 Å². The number of nitrogens with zero attached hydrogens (tertiary/aromatic N) is 2. The highest BCUT2D eigenvalue weighted by Crippen LogP contribution is 2.24. The molecule has 5 heteroatoms. The minimum atomic E-state index is -0.258. The van der Waals surface area contributed by atoms with Gasteiger partial charge in [-0.15, -0.1) is 0 Å². The molecule has 1 atom stereocenters. The van der Waals surface area contributed by atoms with E-state index in [4.69, 9.17) is 0 Å². The van der Waals surface area contributed by atoms with E-state index in [-0.39, 0.29) is 5.82 Å². The van der Waals surface area contributed by atoms with E-state index in [2.05, 4.69) is 28.4 Å². The lowest BCUT2D eigenvalue weighted by Gasteiger charge is -2.28.